The van der Waals surface area contributed by atoms with Gasteiger partial charge in [-0.15, -0.1) is 0 Å². The van der Waals surface area contributed by atoms with Gasteiger partial charge >= 0.3 is 0 Å². The van der Waals surface area contributed by atoms with Crippen LogP contribution in [0.1, 0.15) is 15.9 Å². The summed E-state index contributed by atoms with van der Waals surface area (Å²) in [6, 6.07) is 18.2. The fourth-order valence-corrected chi connectivity index (χ4v) is 3.50. The number of piperazine rings is 1. The molecule has 0 unspecified atom stereocenters. The lowest BCUT2D eigenvalue weighted by atomic mass is 10.2. The van der Waals surface area contributed by atoms with Crippen molar-refractivity contribution in [3.8, 4) is 0 Å². The molecule has 4 rings (SSSR count). The van der Waals surface area contributed by atoms with Crippen LogP contribution in [0.5, 0.6) is 0 Å². The normalized spacial score (nSPS) is 14.0. The zero-order valence-corrected chi connectivity index (χ0v) is 16.3. The van der Waals surface area contributed by atoms with Crippen LogP contribution in [0.15, 0.2) is 66.9 Å². The third kappa shape index (κ3) is 4.21. The van der Waals surface area contributed by atoms with Gasteiger partial charge in [0.2, 0.25) is 0 Å². The molecule has 1 amide bonds. The molecule has 1 aliphatic rings. The van der Waals surface area contributed by atoms with Gasteiger partial charge in [0.25, 0.3) is 5.91 Å². The van der Waals surface area contributed by atoms with Gasteiger partial charge in [0.15, 0.2) is 0 Å². The first-order valence-corrected chi connectivity index (χ1v) is 9.69. The Hall–Kier alpha value is -3.41. The van der Waals surface area contributed by atoms with Gasteiger partial charge in [-0.05, 0) is 42.8 Å². The van der Waals surface area contributed by atoms with E-state index in [4.69, 9.17) is 0 Å². The molecular formula is C23H23FN4O. The quantitative estimate of drug-likeness (QED) is 0.728. The van der Waals surface area contributed by atoms with Crippen molar-refractivity contribution in [2.45, 2.75) is 6.92 Å². The summed E-state index contributed by atoms with van der Waals surface area (Å²) in [5.41, 5.74) is 2.97. The van der Waals surface area contributed by atoms with Crippen molar-refractivity contribution in [3.63, 3.8) is 0 Å². The number of anilines is 3. The van der Waals surface area contributed by atoms with Crippen molar-refractivity contribution in [2.75, 3.05) is 41.3 Å². The summed E-state index contributed by atoms with van der Waals surface area (Å²) in [5.74, 6) is 0.455. The number of benzene rings is 2. The molecule has 6 heteroatoms. The number of pyridine rings is 1. The van der Waals surface area contributed by atoms with Gasteiger partial charge in [-0.1, -0.05) is 30.3 Å². The molecule has 1 saturated heterocycles. The minimum atomic E-state index is -0.192. The van der Waals surface area contributed by atoms with Crippen LogP contribution in [0.3, 0.4) is 0 Å². The number of amides is 1. The zero-order chi connectivity index (χ0) is 20.2. The van der Waals surface area contributed by atoms with Gasteiger partial charge < -0.3 is 15.1 Å². The predicted octanol–water partition coefficient (Wildman–Crippen LogP) is 4.11. The van der Waals surface area contributed by atoms with E-state index in [-0.39, 0.29) is 11.7 Å². The van der Waals surface area contributed by atoms with Gasteiger partial charge in [0.05, 0.1) is 11.3 Å². The molecule has 1 aliphatic heterocycles. The second kappa shape index (κ2) is 8.31. The Morgan fingerprint density at radius 3 is 2.31 bits per heavy atom. The van der Waals surface area contributed by atoms with Crippen molar-refractivity contribution >= 4 is 23.1 Å². The van der Waals surface area contributed by atoms with E-state index in [1.165, 1.54) is 6.07 Å². The Kier molecular flexibility index (Phi) is 5.42. The number of nitrogens with zero attached hydrogens (tertiary/aromatic N) is 3. The van der Waals surface area contributed by atoms with Gasteiger partial charge in [-0.3, -0.25) is 4.79 Å². The molecule has 1 aromatic heterocycles. The first kappa shape index (κ1) is 18.9. The molecule has 3 aromatic rings. The molecule has 1 N–H and O–H groups in total. The van der Waals surface area contributed by atoms with Gasteiger partial charge in [0, 0.05) is 38.1 Å². The molecule has 0 atom stereocenters. The number of carbonyl (C=O) groups excluding carboxylic acids is 1. The maximum Gasteiger partial charge on any atom is 0.257 e. The Labute approximate surface area is 169 Å². The number of nitrogens with one attached hydrogen (secondary N) is 1. The highest BCUT2D eigenvalue weighted by atomic mass is 19.1. The van der Waals surface area contributed by atoms with Gasteiger partial charge in [0.1, 0.15) is 11.6 Å². The monoisotopic (exact) mass is 390 g/mol. The first-order chi connectivity index (χ1) is 14.1. The minimum absolute atomic E-state index is 0.178. The average molecular weight is 390 g/mol. The molecule has 0 spiro atoms. The lowest BCUT2D eigenvalue weighted by molar-refractivity contribution is 0.102. The zero-order valence-electron chi connectivity index (χ0n) is 16.3. The van der Waals surface area contributed by atoms with Crippen LogP contribution in [-0.4, -0.2) is 37.1 Å². The second-order valence-electron chi connectivity index (χ2n) is 7.10. The van der Waals surface area contributed by atoms with Crippen molar-refractivity contribution in [2.24, 2.45) is 0 Å². The van der Waals surface area contributed by atoms with Crippen LogP contribution in [0.25, 0.3) is 0 Å². The van der Waals surface area contributed by atoms with E-state index in [1.807, 2.05) is 49.4 Å². The molecule has 1 fully saturated rings. The second-order valence-corrected chi connectivity index (χ2v) is 7.10. The smallest absolute Gasteiger partial charge is 0.257 e. The molecule has 0 aliphatic carbocycles. The molecule has 148 valence electrons. The van der Waals surface area contributed by atoms with Crippen molar-refractivity contribution in [1.29, 1.82) is 0 Å². The van der Waals surface area contributed by atoms with Crippen LogP contribution < -0.4 is 15.1 Å². The molecule has 2 aromatic carbocycles. The van der Waals surface area contributed by atoms with Crippen molar-refractivity contribution in [1.82, 2.24) is 4.98 Å². The van der Waals surface area contributed by atoms with E-state index in [1.54, 1.807) is 18.3 Å². The Bertz CT molecular complexity index is 998. The fourth-order valence-electron chi connectivity index (χ4n) is 3.50. The lowest BCUT2D eigenvalue weighted by Gasteiger charge is -2.36. The van der Waals surface area contributed by atoms with Crippen LogP contribution >= 0.6 is 0 Å². The summed E-state index contributed by atoms with van der Waals surface area (Å²) < 4.78 is 14.0. The third-order valence-corrected chi connectivity index (χ3v) is 5.20. The summed E-state index contributed by atoms with van der Waals surface area (Å²) in [7, 11) is 0. The van der Waals surface area contributed by atoms with Crippen molar-refractivity contribution in [3.05, 3.63) is 83.8 Å². The van der Waals surface area contributed by atoms with Crippen molar-refractivity contribution < 1.29 is 9.18 Å². The highest BCUT2D eigenvalue weighted by Gasteiger charge is 2.20. The van der Waals surface area contributed by atoms with E-state index in [2.05, 4.69) is 20.1 Å². The number of halogens is 1. The molecule has 0 radical (unpaired) electrons. The van der Waals surface area contributed by atoms with E-state index in [0.29, 0.717) is 11.3 Å². The largest absolute Gasteiger partial charge is 0.366 e. The maximum atomic E-state index is 14.0. The van der Waals surface area contributed by atoms with E-state index in [0.717, 1.165) is 43.2 Å². The molecule has 0 bridgehead atoms. The summed E-state index contributed by atoms with van der Waals surface area (Å²) in [5, 5.41) is 2.92. The standard InChI is InChI=1S/C23H23FN4O/c1-17-6-2-4-8-20(17)26-23(29)18-10-11-22(25-16-18)28-14-12-27(13-15-28)21-9-5-3-7-19(21)24/h2-11,16H,12-15H2,1H3,(H,26,29). The van der Waals surface area contributed by atoms with Crippen LogP contribution in [0.4, 0.5) is 21.6 Å². The SMILES string of the molecule is Cc1ccccc1NC(=O)c1ccc(N2CCN(c3ccccc3F)CC2)nc1. The summed E-state index contributed by atoms with van der Waals surface area (Å²) in [4.78, 5) is 21.2. The summed E-state index contributed by atoms with van der Waals surface area (Å²) >= 11 is 0. The highest BCUT2D eigenvalue weighted by molar-refractivity contribution is 6.04. The number of carbonyl (C=O) groups is 1. The number of rotatable bonds is 4. The first-order valence-electron chi connectivity index (χ1n) is 9.69. The molecular weight excluding hydrogens is 367 g/mol. The predicted molar refractivity (Wildman–Crippen MR) is 114 cm³/mol. The Morgan fingerprint density at radius 2 is 1.62 bits per heavy atom. The minimum Gasteiger partial charge on any atom is -0.366 e. The average Bonchev–Trinajstić information content (AvgIpc) is 2.76. The number of hydrogen-bond acceptors (Lipinski definition) is 4. The fraction of sp³-hybridized carbons (Fsp3) is 0.217. The third-order valence-electron chi connectivity index (χ3n) is 5.20. The number of hydrogen-bond donors (Lipinski definition) is 1. The van der Waals surface area contributed by atoms with Gasteiger partial charge in [-0.25, -0.2) is 9.37 Å². The summed E-state index contributed by atoms with van der Waals surface area (Å²) in [6.07, 6.45) is 1.60. The van der Waals surface area contributed by atoms with E-state index >= 15 is 0 Å². The lowest BCUT2D eigenvalue weighted by Crippen LogP contribution is -2.47. The number of aromatic nitrogens is 1. The topological polar surface area (TPSA) is 48.5 Å². The molecule has 5 nitrogen and oxygen atoms in total. The number of para-hydroxylation sites is 2. The molecule has 0 saturated carbocycles. The Morgan fingerprint density at radius 1 is 0.931 bits per heavy atom. The molecule has 29 heavy (non-hydrogen) atoms. The Balaban J connectivity index is 1.38. The highest BCUT2D eigenvalue weighted by Crippen LogP contribution is 2.22. The summed E-state index contributed by atoms with van der Waals surface area (Å²) in [6.45, 7) is 4.89. The van der Waals surface area contributed by atoms with Crippen LogP contribution in [0, 0.1) is 12.7 Å². The molecule has 2 heterocycles. The van der Waals surface area contributed by atoms with E-state index < -0.39 is 0 Å². The maximum absolute atomic E-state index is 14.0. The van der Waals surface area contributed by atoms with E-state index in [9.17, 15) is 9.18 Å². The van der Waals surface area contributed by atoms with Gasteiger partial charge in [-0.2, -0.15) is 0 Å². The van der Waals surface area contributed by atoms with Crippen LogP contribution in [-0.2, 0) is 0 Å². The van der Waals surface area contributed by atoms with Crippen LogP contribution in [0.2, 0.25) is 0 Å². The number of aryl methyl sites for hydroxylation is 1.